The number of rotatable bonds is 3. The normalized spacial score (nSPS) is 17.1. The lowest BCUT2D eigenvalue weighted by atomic mass is 9.96. The number of fused-ring (bicyclic) bond motifs is 1. The van der Waals surface area contributed by atoms with Crippen LogP contribution in [-0.2, 0) is 11.3 Å². The fraction of sp³-hybridized carbons (Fsp3) is 0.150. The predicted molar refractivity (Wildman–Crippen MR) is 95.1 cm³/mol. The lowest BCUT2D eigenvalue weighted by Crippen LogP contribution is -2.12. The third kappa shape index (κ3) is 2.95. The maximum Gasteiger partial charge on any atom is 0.137 e. The Labute approximate surface area is 140 Å². The molecule has 0 spiro atoms. The average Bonchev–Trinajstić information content (AvgIpc) is 3.04. The van der Waals surface area contributed by atoms with Crippen molar-refractivity contribution in [1.82, 2.24) is 0 Å². The minimum atomic E-state index is 0.0893. The third-order valence-electron chi connectivity index (χ3n) is 4.24. The molecule has 1 aliphatic heterocycles. The number of benzene rings is 3. The molecule has 0 saturated heterocycles. The van der Waals surface area contributed by atoms with E-state index in [0.29, 0.717) is 0 Å². The zero-order valence-corrected chi connectivity index (χ0v) is 13.3. The summed E-state index contributed by atoms with van der Waals surface area (Å²) < 4.78 is 0. The molecule has 0 unspecified atom stereocenters. The van der Waals surface area contributed by atoms with E-state index in [4.69, 9.17) is 16.4 Å². The molecule has 1 atom stereocenters. The standard InChI is InChI=1S/C20H16ClNO/c21-17-10-8-15(9-11-17)20-13-18(23-22-20)12-16-6-3-5-14-4-1-2-7-19(14)16/h1-11,18H,12-13H2/t18-/m1/s1. The summed E-state index contributed by atoms with van der Waals surface area (Å²) >= 11 is 5.94. The van der Waals surface area contributed by atoms with Gasteiger partial charge in [0.15, 0.2) is 0 Å². The molecule has 0 aromatic heterocycles. The first-order valence-corrected chi connectivity index (χ1v) is 8.13. The van der Waals surface area contributed by atoms with E-state index >= 15 is 0 Å². The van der Waals surface area contributed by atoms with Gasteiger partial charge in [0.05, 0.1) is 5.71 Å². The van der Waals surface area contributed by atoms with Gasteiger partial charge < -0.3 is 4.84 Å². The number of oxime groups is 1. The van der Waals surface area contributed by atoms with Crippen LogP contribution in [0.15, 0.2) is 71.9 Å². The summed E-state index contributed by atoms with van der Waals surface area (Å²) in [5.74, 6) is 0. The molecule has 4 rings (SSSR count). The van der Waals surface area contributed by atoms with Gasteiger partial charge in [-0.25, -0.2) is 0 Å². The maximum atomic E-state index is 5.94. The van der Waals surface area contributed by atoms with Crippen LogP contribution in [0.1, 0.15) is 17.5 Å². The first-order valence-electron chi connectivity index (χ1n) is 7.75. The lowest BCUT2D eigenvalue weighted by molar-refractivity contribution is 0.0861. The fourth-order valence-corrected chi connectivity index (χ4v) is 3.19. The Morgan fingerprint density at radius 3 is 2.61 bits per heavy atom. The van der Waals surface area contributed by atoms with Gasteiger partial charge in [-0.3, -0.25) is 0 Å². The molecule has 0 saturated carbocycles. The average molecular weight is 322 g/mol. The van der Waals surface area contributed by atoms with Gasteiger partial charge in [0.25, 0.3) is 0 Å². The second kappa shape index (κ2) is 6.05. The molecule has 114 valence electrons. The SMILES string of the molecule is Clc1ccc(C2=NO[C@H](Cc3cccc4ccccc34)C2)cc1. The van der Waals surface area contributed by atoms with Gasteiger partial charge in [-0.1, -0.05) is 71.4 Å². The zero-order valence-electron chi connectivity index (χ0n) is 12.6. The Morgan fingerprint density at radius 1 is 0.957 bits per heavy atom. The molecule has 0 N–H and O–H groups in total. The van der Waals surface area contributed by atoms with Crippen LogP contribution in [0.25, 0.3) is 10.8 Å². The van der Waals surface area contributed by atoms with Gasteiger partial charge in [0.1, 0.15) is 6.10 Å². The quantitative estimate of drug-likeness (QED) is 0.647. The molecule has 0 fully saturated rings. The number of halogens is 1. The number of hydrogen-bond acceptors (Lipinski definition) is 2. The fourth-order valence-electron chi connectivity index (χ4n) is 3.07. The lowest BCUT2D eigenvalue weighted by Gasteiger charge is -2.11. The molecule has 0 amide bonds. The van der Waals surface area contributed by atoms with Gasteiger partial charge in [0, 0.05) is 17.9 Å². The van der Waals surface area contributed by atoms with Gasteiger partial charge in [0.2, 0.25) is 0 Å². The molecule has 0 bridgehead atoms. The highest BCUT2D eigenvalue weighted by Gasteiger charge is 2.23. The molecular formula is C20H16ClNO. The monoisotopic (exact) mass is 321 g/mol. The van der Waals surface area contributed by atoms with E-state index in [0.717, 1.165) is 29.1 Å². The van der Waals surface area contributed by atoms with Crippen LogP contribution < -0.4 is 0 Å². The van der Waals surface area contributed by atoms with Crippen molar-refractivity contribution in [2.24, 2.45) is 5.16 Å². The third-order valence-corrected chi connectivity index (χ3v) is 4.49. The van der Waals surface area contributed by atoms with E-state index in [1.54, 1.807) is 0 Å². The summed E-state index contributed by atoms with van der Waals surface area (Å²) in [5, 5.41) is 7.56. The molecule has 0 aliphatic carbocycles. The van der Waals surface area contributed by atoms with Crippen LogP contribution in [0.2, 0.25) is 5.02 Å². The first-order chi connectivity index (χ1) is 11.3. The molecule has 2 nitrogen and oxygen atoms in total. The molecule has 3 aromatic rings. The highest BCUT2D eigenvalue weighted by atomic mass is 35.5. The van der Waals surface area contributed by atoms with Crippen LogP contribution in [-0.4, -0.2) is 11.8 Å². The van der Waals surface area contributed by atoms with Gasteiger partial charge in [-0.05, 0) is 34.0 Å². The van der Waals surface area contributed by atoms with Crippen molar-refractivity contribution in [1.29, 1.82) is 0 Å². The molecule has 1 aliphatic rings. The van der Waals surface area contributed by atoms with Crippen LogP contribution in [0.5, 0.6) is 0 Å². The van der Waals surface area contributed by atoms with Crippen molar-refractivity contribution in [2.75, 3.05) is 0 Å². The Kier molecular flexibility index (Phi) is 3.76. The Morgan fingerprint density at radius 2 is 1.74 bits per heavy atom. The first kappa shape index (κ1) is 14.3. The van der Waals surface area contributed by atoms with E-state index in [2.05, 4.69) is 47.6 Å². The largest absolute Gasteiger partial charge is 0.391 e. The minimum absolute atomic E-state index is 0.0893. The highest BCUT2D eigenvalue weighted by Crippen LogP contribution is 2.25. The van der Waals surface area contributed by atoms with E-state index in [1.807, 2.05) is 24.3 Å². The summed E-state index contributed by atoms with van der Waals surface area (Å²) in [7, 11) is 0. The van der Waals surface area contributed by atoms with Crippen LogP contribution in [0.4, 0.5) is 0 Å². The Hall–Kier alpha value is -2.32. The van der Waals surface area contributed by atoms with Crippen LogP contribution in [0.3, 0.4) is 0 Å². The molecule has 1 heterocycles. The van der Waals surface area contributed by atoms with E-state index in [9.17, 15) is 0 Å². The molecular weight excluding hydrogens is 306 g/mol. The highest BCUT2D eigenvalue weighted by molar-refractivity contribution is 6.30. The zero-order chi connectivity index (χ0) is 15.6. The van der Waals surface area contributed by atoms with Crippen molar-refractivity contribution in [3.8, 4) is 0 Å². The Balaban J connectivity index is 1.52. The molecule has 0 radical (unpaired) electrons. The number of hydrogen-bond donors (Lipinski definition) is 0. The summed E-state index contributed by atoms with van der Waals surface area (Å²) in [6, 6.07) is 22.6. The van der Waals surface area contributed by atoms with Crippen LogP contribution >= 0.6 is 11.6 Å². The van der Waals surface area contributed by atoms with Crippen molar-refractivity contribution in [2.45, 2.75) is 18.9 Å². The topological polar surface area (TPSA) is 21.6 Å². The van der Waals surface area contributed by atoms with Gasteiger partial charge in [-0.15, -0.1) is 0 Å². The number of nitrogens with zero attached hydrogens (tertiary/aromatic N) is 1. The summed E-state index contributed by atoms with van der Waals surface area (Å²) in [4.78, 5) is 5.66. The molecule has 23 heavy (non-hydrogen) atoms. The van der Waals surface area contributed by atoms with E-state index < -0.39 is 0 Å². The van der Waals surface area contributed by atoms with Crippen molar-refractivity contribution in [3.63, 3.8) is 0 Å². The maximum absolute atomic E-state index is 5.94. The van der Waals surface area contributed by atoms with E-state index in [1.165, 1.54) is 16.3 Å². The molecule has 3 heteroatoms. The van der Waals surface area contributed by atoms with Crippen molar-refractivity contribution >= 4 is 28.1 Å². The summed E-state index contributed by atoms with van der Waals surface area (Å²) in [6.07, 6.45) is 1.78. The van der Waals surface area contributed by atoms with Gasteiger partial charge in [-0.2, -0.15) is 0 Å². The molecule has 3 aromatic carbocycles. The smallest absolute Gasteiger partial charge is 0.137 e. The van der Waals surface area contributed by atoms with Crippen molar-refractivity contribution < 1.29 is 4.84 Å². The predicted octanol–water partition coefficient (Wildman–Crippen LogP) is 5.23. The van der Waals surface area contributed by atoms with E-state index in [-0.39, 0.29) is 6.10 Å². The summed E-state index contributed by atoms with van der Waals surface area (Å²) in [5.41, 5.74) is 3.38. The Bertz CT molecular complexity index is 865. The second-order valence-electron chi connectivity index (χ2n) is 5.82. The second-order valence-corrected chi connectivity index (χ2v) is 6.26. The van der Waals surface area contributed by atoms with Gasteiger partial charge >= 0.3 is 0 Å². The summed E-state index contributed by atoms with van der Waals surface area (Å²) in [6.45, 7) is 0. The minimum Gasteiger partial charge on any atom is -0.391 e. The van der Waals surface area contributed by atoms with Crippen molar-refractivity contribution in [3.05, 3.63) is 82.9 Å². The van der Waals surface area contributed by atoms with Crippen LogP contribution in [0, 0.1) is 0 Å².